The Bertz CT molecular complexity index is 948. The number of carbonyl (C=O) groups excluding carboxylic acids is 2. The molecule has 28 heavy (non-hydrogen) atoms. The van der Waals surface area contributed by atoms with E-state index in [4.69, 9.17) is 0 Å². The molecule has 0 aliphatic heterocycles. The van der Waals surface area contributed by atoms with Crippen LogP contribution in [0, 0.1) is 34.4 Å². The van der Waals surface area contributed by atoms with Crippen LogP contribution < -0.4 is 0 Å². The zero-order valence-electron chi connectivity index (χ0n) is 16.5. The molecule has 0 bridgehead atoms. The molecule has 4 heteroatoms. The van der Waals surface area contributed by atoms with E-state index in [0.717, 1.165) is 36.8 Å². The molecule has 0 radical (unpaired) electrons. The Hall–Kier alpha value is -2.10. The fraction of sp³-hybridized carbons (Fsp3) is 0.542. The summed E-state index contributed by atoms with van der Waals surface area (Å²) in [4.78, 5) is 29.0. The molecule has 4 aliphatic carbocycles. The summed E-state index contributed by atoms with van der Waals surface area (Å²) in [6, 6.07) is 1.58. The predicted octanol–water partition coefficient (Wildman–Crippen LogP) is 4.92. The third kappa shape index (κ3) is 2.36. The fourth-order valence-corrected chi connectivity index (χ4v) is 6.96. The van der Waals surface area contributed by atoms with Crippen molar-refractivity contribution in [1.29, 1.82) is 0 Å². The van der Waals surface area contributed by atoms with Crippen molar-refractivity contribution in [3.8, 4) is 0 Å². The lowest BCUT2D eigenvalue weighted by molar-refractivity contribution is -0.129. The zero-order valence-corrected chi connectivity index (χ0v) is 16.5. The maximum Gasteiger partial charge on any atom is 0.159 e. The number of hydrogen-bond donors (Lipinski definition) is 0. The molecule has 5 atom stereocenters. The standard InChI is InChI=1S/C24H26FNO2/c1-23-8-6-20-17(11-22(28)21-10-16(27)5-7-24(20,21)2)19(23)4-3-18(23)14-9-15(25)13-26-12-14/h3,9-10,12-13,17,19-20H,4-8,11H2,1-2H3/t17?,19?,20?,23-,24-/m1/s1. The van der Waals surface area contributed by atoms with Crippen LogP contribution in [0.5, 0.6) is 0 Å². The Balaban J connectivity index is 1.51. The van der Waals surface area contributed by atoms with Gasteiger partial charge in [-0.05, 0) is 77.5 Å². The lowest BCUT2D eigenvalue weighted by atomic mass is 9.46. The van der Waals surface area contributed by atoms with Crippen molar-refractivity contribution in [3.05, 3.63) is 47.6 Å². The molecule has 4 aliphatic rings. The van der Waals surface area contributed by atoms with Gasteiger partial charge in [-0.3, -0.25) is 14.6 Å². The molecule has 1 aromatic heterocycles. The molecular weight excluding hydrogens is 353 g/mol. The number of allylic oxidation sites excluding steroid dienone is 4. The number of Topliss-reactive ketones (excluding diaryl/α,β-unsaturated/α-hetero) is 1. The van der Waals surface area contributed by atoms with Gasteiger partial charge >= 0.3 is 0 Å². The Morgan fingerprint density at radius 1 is 1.07 bits per heavy atom. The monoisotopic (exact) mass is 379 g/mol. The van der Waals surface area contributed by atoms with Gasteiger partial charge in [0.2, 0.25) is 0 Å². The number of ketones is 2. The molecule has 0 spiro atoms. The van der Waals surface area contributed by atoms with Crippen molar-refractivity contribution in [2.75, 3.05) is 0 Å². The second kappa shape index (κ2) is 5.95. The van der Waals surface area contributed by atoms with E-state index in [1.165, 1.54) is 11.8 Å². The van der Waals surface area contributed by atoms with Crippen LogP contribution in [0.25, 0.3) is 5.57 Å². The Labute approximate surface area is 165 Å². The number of rotatable bonds is 1. The summed E-state index contributed by atoms with van der Waals surface area (Å²) in [6.45, 7) is 4.50. The third-order valence-corrected chi connectivity index (χ3v) is 8.39. The summed E-state index contributed by atoms with van der Waals surface area (Å²) in [5, 5.41) is 0. The van der Waals surface area contributed by atoms with Crippen LogP contribution in [0.2, 0.25) is 0 Å². The van der Waals surface area contributed by atoms with Gasteiger partial charge in [0.05, 0.1) is 6.20 Å². The number of carbonyl (C=O) groups is 2. The first-order valence-electron chi connectivity index (χ1n) is 10.4. The van der Waals surface area contributed by atoms with E-state index in [1.54, 1.807) is 18.3 Å². The van der Waals surface area contributed by atoms with Gasteiger partial charge in [-0.1, -0.05) is 19.9 Å². The largest absolute Gasteiger partial charge is 0.295 e. The summed E-state index contributed by atoms with van der Waals surface area (Å²) < 4.78 is 13.8. The van der Waals surface area contributed by atoms with Gasteiger partial charge in [-0.2, -0.15) is 0 Å². The number of hydrogen-bond acceptors (Lipinski definition) is 3. The minimum Gasteiger partial charge on any atom is -0.295 e. The summed E-state index contributed by atoms with van der Waals surface area (Å²) >= 11 is 0. The highest BCUT2D eigenvalue weighted by molar-refractivity contribution is 6.05. The molecule has 0 saturated heterocycles. The second-order valence-corrected chi connectivity index (χ2v) is 9.65. The average molecular weight is 379 g/mol. The molecule has 2 saturated carbocycles. The molecule has 3 unspecified atom stereocenters. The molecule has 1 heterocycles. The average Bonchev–Trinajstić information content (AvgIpc) is 3.01. The van der Waals surface area contributed by atoms with Crippen LogP contribution in [0.15, 0.2) is 36.2 Å². The molecule has 0 N–H and O–H groups in total. The predicted molar refractivity (Wildman–Crippen MR) is 105 cm³/mol. The van der Waals surface area contributed by atoms with E-state index in [9.17, 15) is 14.0 Å². The molecule has 146 valence electrons. The van der Waals surface area contributed by atoms with Gasteiger partial charge in [0.25, 0.3) is 0 Å². The fourth-order valence-electron chi connectivity index (χ4n) is 6.96. The number of aromatic nitrogens is 1. The highest BCUT2D eigenvalue weighted by Gasteiger charge is 2.59. The van der Waals surface area contributed by atoms with Gasteiger partial charge in [0.15, 0.2) is 11.6 Å². The van der Waals surface area contributed by atoms with E-state index in [2.05, 4.69) is 24.9 Å². The summed E-state index contributed by atoms with van der Waals surface area (Å²) in [6.07, 6.45) is 11.8. The molecule has 3 nitrogen and oxygen atoms in total. The molecule has 0 aromatic carbocycles. The Kier molecular flexibility index (Phi) is 3.82. The zero-order chi connectivity index (χ0) is 19.7. The van der Waals surface area contributed by atoms with Crippen LogP contribution in [-0.4, -0.2) is 16.6 Å². The Morgan fingerprint density at radius 3 is 2.64 bits per heavy atom. The van der Waals surface area contributed by atoms with Gasteiger partial charge < -0.3 is 0 Å². The van der Waals surface area contributed by atoms with Crippen molar-refractivity contribution in [2.24, 2.45) is 28.6 Å². The van der Waals surface area contributed by atoms with E-state index in [-0.39, 0.29) is 28.2 Å². The maximum absolute atomic E-state index is 13.8. The van der Waals surface area contributed by atoms with Crippen LogP contribution in [0.1, 0.15) is 57.9 Å². The van der Waals surface area contributed by atoms with Gasteiger partial charge in [-0.15, -0.1) is 0 Å². The van der Waals surface area contributed by atoms with E-state index < -0.39 is 0 Å². The minimum absolute atomic E-state index is 0.0427. The van der Waals surface area contributed by atoms with Gasteiger partial charge in [-0.25, -0.2) is 4.39 Å². The minimum atomic E-state index is -0.304. The first-order valence-corrected chi connectivity index (χ1v) is 10.4. The maximum atomic E-state index is 13.8. The van der Waals surface area contributed by atoms with Gasteiger partial charge in [0.1, 0.15) is 5.82 Å². The van der Waals surface area contributed by atoms with Crippen molar-refractivity contribution in [1.82, 2.24) is 4.98 Å². The molecular formula is C24H26FNO2. The number of pyridine rings is 1. The Morgan fingerprint density at radius 2 is 1.86 bits per heavy atom. The summed E-state index contributed by atoms with van der Waals surface area (Å²) in [7, 11) is 0. The first kappa shape index (κ1) is 18.0. The smallest absolute Gasteiger partial charge is 0.159 e. The number of fused-ring (bicyclic) bond motifs is 5. The third-order valence-electron chi connectivity index (χ3n) is 8.39. The highest BCUT2D eigenvalue weighted by atomic mass is 19.1. The molecule has 5 rings (SSSR count). The summed E-state index contributed by atoms with van der Waals surface area (Å²) in [5.41, 5.74) is 2.65. The van der Waals surface area contributed by atoms with Crippen molar-refractivity contribution in [2.45, 2.75) is 52.4 Å². The number of nitrogens with zero attached hydrogens (tertiary/aromatic N) is 1. The molecule has 2 fully saturated rings. The van der Waals surface area contributed by atoms with E-state index in [0.29, 0.717) is 30.6 Å². The van der Waals surface area contributed by atoms with Crippen molar-refractivity contribution < 1.29 is 14.0 Å². The van der Waals surface area contributed by atoms with Crippen molar-refractivity contribution >= 4 is 17.1 Å². The van der Waals surface area contributed by atoms with Crippen LogP contribution in [0.3, 0.4) is 0 Å². The summed E-state index contributed by atoms with van der Waals surface area (Å²) in [5.74, 6) is 1.13. The molecule has 0 amide bonds. The lowest BCUT2D eigenvalue weighted by Gasteiger charge is -2.57. The SMILES string of the molecule is C[C@]12CCC(=O)C=C1C(=O)CC1C2CC[C@]2(C)C(c3cncc(F)c3)=CCC12. The van der Waals surface area contributed by atoms with Crippen LogP contribution in [-0.2, 0) is 9.59 Å². The van der Waals surface area contributed by atoms with E-state index >= 15 is 0 Å². The van der Waals surface area contributed by atoms with Crippen molar-refractivity contribution in [3.63, 3.8) is 0 Å². The van der Waals surface area contributed by atoms with Crippen LogP contribution >= 0.6 is 0 Å². The normalized spacial score (nSPS) is 39.6. The second-order valence-electron chi connectivity index (χ2n) is 9.65. The quantitative estimate of drug-likeness (QED) is 0.695. The number of halogens is 1. The van der Waals surface area contributed by atoms with Crippen LogP contribution in [0.4, 0.5) is 4.39 Å². The van der Waals surface area contributed by atoms with E-state index in [1.807, 2.05) is 0 Å². The lowest BCUT2D eigenvalue weighted by Crippen LogP contribution is -2.52. The topological polar surface area (TPSA) is 47.0 Å². The highest BCUT2D eigenvalue weighted by Crippen LogP contribution is 2.66. The first-order chi connectivity index (χ1) is 13.3. The molecule has 1 aromatic rings. The van der Waals surface area contributed by atoms with Gasteiger partial charge in [0, 0.05) is 24.6 Å².